The molecular formula is C10H17O3P. The van der Waals surface area contributed by atoms with E-state index in [4.69, 9.17) is 14.4 Å². The fraction of sp³-hybridized carbons (Fsp3) is 0.400. The first-order valence-electron chi connectivity index (χ1n) is 4.60. The third kappa shape index (κ3) is 5.92. The standard InChI is InChI=1S/C10H14.H3O3P/c1-3-9-7-5-6-8-10(9)4-2;1-4(2)3/h5-8H,3-4H2,1-2H3;4H,(H2,1,2,3). The van der Waals surface area contributed by atoms with Gasteiger partial charge in [0.05, 0.1) is 0 Å². The summed E-state index contributed by atoms with van der Waals surface area (Å²) >= 11 is 0. The molecule has 0 spiro atoms. The van der Waals surface area contributed by atoms with Crippen LogP contribution in [0.4, 0.5) is 0 Å². The maximum absolute atomic E-state index is 8.74. The molecule has 1 aromatic carbocycles. The van der Waals surface area contributed by atoms with Crippen molar-refractivity contribution in [2.24, 2.45) is 0 Å². The van der Waals surface area contributed by atoms with Crippen molar-refractivity contribution in [3.63, 3.8) is 0 Å². The van der Waals surface area contributed by atoms with Crippen molar-refractivity contribution in [2.45, 2.75) is 26.7 Å². The van der Waals surface area contributed by atoms with Crippen LogP contribution < -0.4 is 0 Å². The van der Waals surface area contributed by atoms with Gasteiger partial charge in [-0.2, -0.15) is 0 Å². The smallest absolute Gasteiger partial charge is 0.314 e. The van der Waals surface area contributed by atoms with Gasteiger partial charge >= 0.3 is 8.25 Å². The van der Waals surface area contributed by atoms with Crippen LogP contribution in [0.1, 0.15) is 25.0 Å². The van der Waals surface area contributed by atoms with Gasteiger partial charge in [0.2, 0.25) is 0 Å². The predicted molar refractivity (Wildman–Crippen MR) is 58.6 cm³/mol. The molecule has 0 unspecified atom stereocenters. The summed E-state index contributed by atoms with van der Waals surface area (Å²) in [7, 11) is -3.13. The highest BCUT2D eigenvalue weighted by molar-refractivity contribution is 7.30. The minimum Gasteiger partial charge on any atom is -0.326 e. The summed E-state index contributed by atoms with van der Waals surface area (Å²) in [5.74, 6) is 0. The Labute approximate surface area is 85.4 Å². The maximum Gasteiger partial charge on any atom is 0.314 e. The Morgan fingerprint density at radius 1 is 1.07 bits per heavy atom. The molecule has 0 aliphatic rings. The lowest BCUT2D eigenvalue weighted by atomic mass is 10.0. The van der Waals surface area contributed by atoms with Crippen molar-refractivity contribution in [3.05, 3.63) is 35.4 Å². The number of hydrogen-bond donors (Lipinski definition) is 2. The third-order valence-electron chi connectivity index (χ3n) is 1.88. The molecule has 0 saturated carbocycles. The summed E-state index contributed by atoms with van der Waals surface area (Å²) in [6.45, 7) is 4.41. The Morgan fingerprint density at radius 2 is 1.36 bits per heavy atom. The molecule has 0 amide bonds. The van der Waals surface area contributed by atoms with E-state index in [0.717, 1.165) is 12.8 Å². The normalized spacial score (nSPS) is 9.50. The second-order valence-corrected chi connectivity index (χ2v) is 3.32. The van der Waals surface area contributed by atoms with E-state index in [2.05, 4.69) is 38.1 Å². The van der Waals surface area contributed by atoms with Crippen LogP contribution in [0, 0.1) is 0 Å². The van der Waals surface area contributed by atoms with Gasteiger partial charge in [-0.25, -0.2) is 0 Å². The van der Waals surface area contributed by atoms with Crippen molar-refractivity contribution in [2.75, 3.05) is 0 Å². The second-order valence-electron chi connectivity index (χ2n) is 2.76. The highest BCUT2D eigenvalue weighted by Gasteiger charge is 1.93. The van der Waals surface area contributed by atoms with Crippen molar-refractivity contribution in [3.8, 4) is 0 Å². The molecule has 1 aromatic rings. The lowest BCUT2D eigenvalue weighted by Gasteiger charge is -2.02. The van der Waals surface area contributed by atoms with Gasteiger partial charge < -0.3 is 9.79 Å². The van der Waals surface area contributed by atoms with Crippen molar-refractivity contribution >= 4 is 8.25 Å². The molecule has 0 fully saturated rings. The van der Waals surface area contributed by atoms with Gasteiger partial charge in [-0.3, -0.25) is 4.57 Å². The molecule has 80 valence electrons. The van der Waals surface area contributed by atoms with Gasteiger partial charge in [0.1, 0.15) is 0 Å². The van der Waals surface area contributed by atoms with E-state index in [1.54, 1.807) is 0 Å². The molecule has 0 saturated heterocycles. The number of rotatable bonds is 2. The molecule has 0 aromatic heterocycles. The van der Waals surface area contributed by atoms with Gasteiger partial charge in [0, 0.05) is 0 Å². The fourth-order valence-corrected chi connectivity index (χ4v) is 1.25. The predicted octanol–water partition coefficient (Wildman–Crippen LogP) is 2.17. The Hall–Kier alpha value is -0.630. The summed E-state index contributed by atoms with van der Waals surface area (Å²) in [5, 5.41) is 0. The molecule has 0 radical (unpaired) electrons. The van der Waals surface area contributed by atoms with Gasteiger partial charge in [-0.05, 0) is 24.0 Å². The zero-order valence-corrected chi connectivity index (χ0v) is 9.53. The minimum atomic E-state index is -3.13. The molecule has 1 rings (SSSR count). The van der Waals surface area contributed by atoms with E-state index in [1.807, 2.05) is 0 Å². The monoisotopic (exact) mass is 216 g/mol. The van der Waals surface area contributed by atoms with Crippen molar-refractivity contribution < 1.29 is 14.4 Å². The SMILES string of the molecule is CCc1ccccc1CC.O=[PH](O)O. The lowest BCUT2D eigenvalue weighted by Crippen LogP contribution is -1.88. The molecule has 14 heavy (non-hydrogen) atoms. The Bertz CT molecular complexity index is 259. The Morgan fingerprint density at radius 3 is 1.57 bits per heavy atom. The van der Waals surface area contributed by atoms with E-state index >= 15 is 0 Å². The summed E-state index contributed by atoms with van der Waals surface area (Å²) in [4.78, 5) is 14.3. The first-order valence-corrected chi connectivity index (χ1v) is 5.90. The molecule has 0 aliphatic carbocycles. The van der Waals surface area contributed by atoms with Crippen molar-refractivity contribution in [1.29, 1.82) is 0 Å². The molecule has 0 atom stereocenters. The summed E-state index contributed by atoms with van der Waals surface area (Å²) in [6, 6.07) is 8.63. The first kappa shape index (κ1) is 13.4. The molecular weight excluding hydrogens is 199 g/mol. The van der Waals surface area contributed by atoms with E-state index in [9.17, 15) is 0 Å². The minimum absolute atomic E-state index is 1.16. The van der Waals surface area contributed by atoms with Gasteiger partial charge in [-0.1, -0.05) is 38.1 Å². The quantitative estimate of drug-likeness (QED) is 0.745. The average molecular weight is 216 g/mol. The fourth-order valence-electron chi connectivity index (χ4n) is 1.25. The number of benzene rings is 1. The van der Waals surface area contributed by atoms with E-state index in [-0.39, 0.29) is 0 Å². The van der Waals surface area contributed by atoms with E-state index in [0.29, 0.717) is 0 Å². The highest BCUT2D eigenvalue weighted by Crippen LogP contribution is 2.08. The highest BCUT2D eigenvalue weighted by atomic mass is 31.1. The number of aryl methyl sites for hydroxylation is 2. The van der Waals surface area contributed by atoms with Crippen LogP contribution in [0.15, 0.2) is 24.3 Å². The van der Waals surface area contributed by atoms with Crippen LogP contribution in [0.2, 0.25) is 0 Å². The third-order valence-corrected chi connectivity index (χ3v) is 1.88. The number of hydrogen-bond acceptors (Lipinski definition) is 1. The van der Waals surface area contributed by atoms with Gasteiger partial charge in [0.25, 0.3) is 0 Å². The maximum atomic E-state index is 8.74. The largest absolute Gasteiger partial charge is 0.326 e. The van der Waals surface area contributed by atoms with Crippen LogP contribution in [0.5, 0.6) is 0 Å². The zero-order valence-electron chi connectivity index (χ0n) is 8.53. The van der Waals surface area contributed by atoms with Gasteiger partial charge in [0.15, 0.2) is 0 Å². The molecule has 0 bridgehead atoms. The Balaban J connectivity index is 0.000000364. The van der Waals surface area contributed by atoms with Crippen LogP contribution >= 0.6 is 8.25 Å². The molecule has 2 N–H and O–H groups in total. The zero-order chi connectivity index (χ0) is 11.0. The molecule has 3 nitrogen and oxygen atoms in total. The van der Waals surface area contributed by atoms with E-state index < -0.39 is 8.25 Å². The second kappa shape index (κ2) is 7.74. The van der Waals surface area contributed by atoms with Crippen LogP contribution in [-0.4, -0.2) is 9.79 Å². The van der Waals surface area contributed by atoms with E-state index in [1.165, 1.54) is 11.1 Å². The average Bonchev–Trinajstić information content (AvgIpc) is 2.17. The summed E-state index contributed by atoms with van der Waals surface area (Å²) < 4.78 is 8.74. The first-order chi connectivity index (χ1) is 6.61. The van der Waals surface area contributed by atoms with Crippen LogP contribution in [0.3, 0.4) is 0 Å². The summed E-state index contributed by atoms with van der Waals surface area (Å²) in [5.41, 5.74) is 2.98. The van der Waals surface area contributed by atoms with Crippen molar-refractivity contribution in [1.82, 2.24) is 0 Å². The van der Waals surface area contributed by atoms with Crippen LogP contribution in [0.25, 0.3) is 0 Å². The van der Waals surface area contributed by atoms with Gasteiger partial charge in [-0.15, -0.1) is 0 Å². The lowest BCUT2D eigenvalue weighted by molar-refractivity contribution is 0.405. The van der Waals surface area contributed by atoms with Crippen LogP contribution in [-0.2, 0) is 17.4 Å². The molecule has 0 aliphatic heterocycles. The molecule has 4 heteroatoms. The topological polar surface area (TPSA) is 57.5 Å². The molecule has 0 heterocycles. The Kier molecular flexibility index (Phi) is 7.40. The summed E-state index contributed by atoms with van der Waals surface area (Å²) in [6.07, 6.45) is 2.31.